The number of fused-ring (bicyclic) bond motifs is 1. The number of ketones is 1. The Labute approximate surface area is 119 Å². The number of nitrogens with one attached hydrogen (secondary N) is 1. The predicted octanol–water partition coefficient (Wildman–Crippen LogP) is 1.92. The van der Waals surface area contributed by atoms with Gasteiger partial charge in [-0.05, 0) is 24.5 Å². The van der Waals surface area contributed by atoms with Crippen LogP contribution in [0.2, 0.25) is 0 Å². The van der Waals surface area contributed by atoms with Crippen molar-refractivity contribution in [1.29, 1.82) is 0 Å². The van der Waals surface area contributed by atoms with Gasteiger partial charge < -0.3 is 9.88 Å². The molecule has 1 N–H and O–H groups in total. The van der Waals surface area contributed by atoms with Crippen LogP contribution in [-0.2, 0) is 13.0 Å². The Morgan fingerprint density at radius 1 is 1.35 bits per heavy atom. The Morgan fingerprint density at radius 2 is 2.10 bits per heavy atom. The van der Waals surface area contributed by atoms with Gasteiger partial charge in [0.2, 0.25) is 0 Å². The predicted molar refractivity (Wildman–Crippen MR) is 80.2 cm³/mol. The van der Waals surface area contributed by atoms with Crippen LogP contribution < -0.4 is 10.9 Å². The standard InChI is InChI=1S/C16H22N2O2/c1-11(2)17-9-12(3)10-18-14-5-4-6-15(19)13(14)7-8-16(18)20/h7-8,11,17H,3-6,9-10H2,1-2H3. The van der Waals surface area contributed by atoms with Gasteiger partial charge in [-0.2, -0.15) is 0 Å². The molecule has 1 aliphatic rings. The third kappa shape index (κ3) is 3.25. The van der Waals surface area contributed by atoms with Crippen LogP contribution in [0.4, 0.5) is 0 Å². The Kier molecular flexibility index (Phi) is 4.55. The topological polar surface area (TPSA) is 51.1 Å². The fraction of sp³-hybridized carbons (Fsp3) is 0.500. The Morgan fingerprint density at radius 3 is 2.80 bits per heavy atom. The van der Waals surface area contributed by atoms with E-state index in [9.17, 15) is 9.59 Å². The molecule has 0 saturated carbocycles. The molecule has 0 atom stereocenters. The third-order valence-corrected chi connectivity index (χ3v) is 3.56. The van der Waals surface area contributed by atoms with Gasteiger partial charge in [0.05, 0.1) is 0 Å². The highest BCUT2D eigenvalue weighted by atomic mass is 16.1. The number of hydrogen-bond acceptors (Lipinski definition) is 3. The number of nitrogens with zero attached hydrogens (tertiary/aromatic N) is 1. The van der Waals surface area contributed by atoms with E-state index in [-0.39, 0.29) is 11.3 Å². The molecule has 0 amide bonds. The van der Waals surface area contributed by atoms with E-state index in [1.807, 2.05) is 0 Å². The minimum absolute atomic E-state index is 0.0517. The summed E-state index contributed by atoms with van der Waals surface area (Å²) in [6, 6.07) is 3.55. The van der Waals surface area contributed by atoms with Crippen molar-refractivity contribution >= 4 is 5.78 Å². The third-order valence-electron chi connectivity index (χ3n) is 3.56. The average Bonchev–Trinajstić information content (AvgIpc) is 2.40. The van der Waals surface area contributed by atoms with Crippen molar-refractivity contribution in [2.45, 2.75) is 45.7 Å². The molecule has 20 heavy (non-hydrogen) atoms. The summed E-state index contributed by atoms with van der Waals surface area (Å²) in [6.07, 6.45) is 2.20. The SMILES string of the molecule is C=C(CNC(C)C)Cn1c2c(ccc1=O)C(=O)CCC2. The molecule has 1 heterocycles. The van der Waals surface area contributed by atoms with Crippen molar-refractivity contribution in [3.63, 3.8) is 0 Å². The molecule has 4 nitrogen and oxygen atoms in total. The Hall–Kier alpha value is -1.68. The van der Waals surface area contributed by atoms with Gasteiger partial charge in [0.1, 0.15) is 0 Å². The summed E-state index contributed by atoms with van der Waals surface area (Å²) in [5, 5.41) is 3.29. The number of pyridine rings is 1. The van der Waals surface area contributed by atoms with Crippen molar-refractivity contribution in [2.24, 2.45) is 0 Å². The maximum absolute atomic E-state index is 12.1. The molecule has 2 rings (SSSR count). The van der Waals surface area contributed by atoms with Crippen molar-refractivity contribution in [3.05, 3.63) is 45.9 Å². The summed E-state index contributed by atoms with van der Waals surface area (Å²) in [6.45, 7) is 9.33. The zero-order chi connectivity index (χ0) is 14.7. The van der Waals surface area contributed by atoms with Crippen LogP contribution in [0.5, 0.6) is 0 Å². The number of aromatic nitrogens is 1. The molecule has 1 aromatic heterocycles. The zero-order valence-corrected chi connectivity index (χ0v) is 12.2. The van der Waals surface area contributed by atoms with E-state index in [1.54, 1.807) is 10.6 Å². The van der Waals surface area contributed by atoms with Crippen molar-refractivity contribution in [2.75, 3.05) is 6.54 Å². The van der Waals surface area contributed by atoms with Crippen molar-refractivity contribution in [3.8, 4) is 0 Å². The summed E-state index contributed by atoms with van der Waals surface area (Å²) in [4.78, 5) is 24.0. The van der Waals surface area contributed by atoms with E-state index >= 15 is 0 Å². The maximum atomic E-state index is 12.1. The smallest absolute Gasteiger partial charge is 0.251 e. The van der Waals surface area contributed by atoms with Gasteiger partial charge in [0.25, 0.3) is 5.56 Å². The molecule has 0 aromatic carbocycles. The lowest BCUT2D eigenvalue weighted by Gasteiger charge is -2.21. The number of carbonyl (C=O) groups is 1. The molecule has 4 heteroatoms. The highest BCUT2D eigenvalue weighted by Gasteiger charge is 2.20. The molecule has 0 radical (unpaired) electrons. The van der Waals surface area contributed by atoms with Gasteiger partial charge in [-0.25, -0.2) is 0 Å². The second-order valence-corrected chi connectivity index (χ2v) is 5.68. The Balaban J connectivity index is 2.23. The van der Waals surface area contributed by atoms with E-state index in [4.69, 9.17) is 0 Å². The van der Waals surface area contributed by atoms with Crippen LogP contribution in [0, 0.1) is 0 Å². The normalized spacial score (nSPS) is 14.4. The first-order chi connectivity index (χ1) is 9.49. The fourth-order valence-electron chi connectivity index (χ4n) is 2.50. The van der Waals surface area contributed by atoms with E-state index < -0.39 is 0 Å². The summed E-state index contributed by atoms with van der Waals surface area (Å²) in [7, 11) is 0. The maximum Gasteiger partial charge on any atom is 0.251 e. The largest absolute Gasteiger partial charge is 0.311 e. The lowest BCUT2D eigenvalue weighted by atomic mass is 9.94. The van der Waals surface area contributed by atoms with Crippen LogP contribution in [0.3, 0.4) is 0 Å². The van der Waals surface area contributed by atoms with Crippen molar-refractivity contribution in [1.82, 2.24) is 9.88 Å². The first kappa shape index (κ1) is 14.7. The van der Waals surface area contributed by atoms with Crippen LogP contribution in [0.1, 0.15) is 42.7 Å². The summed E-state index contributed by atoms with van der Waals surface area (Å²) >= 11 is 0. The minimum Gasteiger partial charge on any atom is -0.311 e. The minimum atomic E-state index is -0.0517. The number of rotatable bonds is 5. The monoisotopic (exact) mass is 274 g/mol. The molecule has 0 saturated heterocycles. The van der Waals surface area contributed by atoms with E-state index in [2.05, 4.69) is 25.7 Å². The van der Waals surface area contributed by atoms with E-state index in [0.29, 0.717) is 31.1 Å². The van der Waals surface area contributed by atoms with Crippen LogP contribution in [0.15, 0.2) is 29.1 Å². The summed E-state index contributed by atoms with van der Waals surface area (Å²) in [5.41, 5.74) is 2.48. The first-order valence-corrected chi connectivity index (χ1v) is 7.15. The number of Topliss-reactive ketones (excluding diaryl/α,β-unsaturated/α-hetero) is 1. The lowest BCUT2D eigenvalue weighted by molar-refractivity contribution is 0.0970. The molecular weight excluding hydrogens is 252 g/mol. The quantitative estimate of drug-likeness (QED) is 0.835. The van der Waals surface area contributed by atoms with Gasteiger partial charge in [0.15, 0.2) is 5.78 Å². The number of carbonyl (C=O) groups excluding carboxylic acids is 1. The second-order valence-electron chi connectivity index (χ2n) is 5.68. The van der Waals surface area contributed by atoms with Gasteiger partial charge in [-0.15, -0.1) is 0 Å². The second kappa shape index (κ2) is 6.18. The number of hydrogen-bond donors (Lipinski definition) is 1. The van der Waals surface area contributed by atoms with Gasteiger partial charge in [-0.1, -0.05) is 20.4 Å². The highest BCUT2D eigenvalue weighted by molar-refractivity contribution is 5.97. The van der Waals surface area contributed by atoms with E-state index in [0.717, 1.165) is 24.1 Å². The van der Waals surface area contributed by atoms with E-state index in [1.165, 1.54) is 6.07 Å². The Bertz CT molecular complexity index is 585. The van der Waals surface area contributed by atoms with Crippen LogP contribution in [-0.4, -0.2) is 22.9 Å². The molecule has 0 fully saturated rings. The van der Waals surface area contributed by atoms with Gasteiger partial charge in [0, 0.05) is 42.9 Å². The van der Waals surface area contributed by atoms with Gasteiger partial charge in [-0.3, -0.25) is 9.59 Å². The molecule has 1 aliphatic carbocycles. The van der Waals surface area contributed by atoms with Crippen molar-refractivity contribution < 1.29 is 4.79 Å². The van der Waals surface area contributed by atoms with Crippen LogP contribution in [0.25, 0.3) is 0 Å². The molecule has 1 aromatic rings. The highest BCUT2D eigenvalue weighted by Crippen LogP contribution is 2.20. The first-order valence-electron chi connectivity index (χ1n) is 7.15. The van der Waals surface area contributed by atoms with Crippen LogP contribution >= 0.6 is 0 Å². The molecular formula is C16H22N2O2. The lowest BCUT2D eigenvalue weighted by Crippen LogP contribution is -2.31. The average molecular weight is 274 g/mol. The van der Waals surface area contributed by atoms with Gasteiger partial charge >= 0.3 is 0 Å². The summed E-state index contributed by atoms with van der Waals surface area (Å²) in [5.74, 6) is 0.144. The fourth-order valence-corrected chi connectivity index (χ4v) is 2.50. The molecule has 0 spiro atoms. The molecule has 0 aliphatic heterocycles. The summed E-state index contributed by atoms with van der Waals surface area (Å²) < 4.78 is 1.71. The molecule has 0 unspecified atom stereocenters. The molecule has 0 bridgehead atoms. The molecule has 108 valence electrons. The zero-order valence-electron chi connectivity index (χ0n) is 12.2.